The Morgan fingerprint density at radius 2 is 1.65 bits per heavy atom. The van der Waals surface area contributed by atoms with Crippen LogP contribution in [0.5, 0.6) is 17.2 Å². The normalized spacial score (nSPS) is 10.6. The molecule has 0 aliphatic heterocycles. The van der Waals surface area contributed by atoms with Gasteiger partial charge in [0.1, 0.15) is 17.2 Å². The molecule has 3 amide bonds. The Labute approximate surface area is 203 Å². The smallest absolute Gasteiger partial charge is 0.323 e. The van der Waals surface area contributed by atoms with Crippen molar-refractivity contribution in [2.75, 3.05) is 43.9 Å². The van der Waals surface area contributed by atoms with Crippen molar-refractivity contribution in [1.82, 2.24) is 10.2 Å². The lowest BCUT2D eigenvalue weighted by Crippen LogP contribution is -2.34. The van der Waals surface area contributed by atoms with Gasteiger partial charge in [0.2, 0.25) is 0 Å². The minimum atomic E-state index is -0.412. The molecule has 0 bridgehead atoms. The SMILES string of the molecule is CCN(CC)CCNC(=O)c1ccc(NC(=O)Nc2ccc(Oc3ccsc3)cc2)cc1OC. The molecule has 3 aromatic rings. The number of hydrogen-bond acceptors (Lipinski definition) is 6. The van der Waals surface area contributed by atoms with Gasteiger partial charge in [-0.15, -0.1) is 11.3 Å². The zero-order valence-corrected chi connectivity index (χ0v) is 20.4. The number of methoxy groups -OCH3 is 1. The molecular weight excluding hydrogens is 452 g/mol. The van der Waals surface area contributed by atoms with Gasteiger partial charge in [0.05, 0.1) is 12.7 Å². The van der Waals surface area contributed by atoms with Gasteiger partial charge in [-0.3, -0.25) is 4.79 Å². The van der Waals surface area contributed by atoms with Gasteiger partial charge in [0.25, 0.3) is 5.91 Å². The monoisotopic (exact) mass is 482 g/mol. The Bertz CT molecular complexity index is 1070. The summed E-state index contributed by atoms with van der Waals surface area (Å²) in [4.78, 5) is 27.2. The zero-order valence-electron chi connectivity index (χ0n) is 19.6. The number of carbonyl (C=O) groups is 2. The second kappa shape index (κ2) is 12.6. The van der Waals surface area contributed by atoms with Crippen molar-refractivity contribution in [2.24, 2.45) is 0 Å². The van der Waals surface area contributed by atoms with Crippen LogP contribution in [-0.2, 0) is 0 Å². The maximum Gasteiger partial charge on any atom is 0.323 e. The number of rotatable bonds is 11. The third-order valence-corrected chi connectivity index (χ3v) is 5.82. The van der Waals surface area contributed by atoms with Crippen molar-refractivity contribution in [3.05, 3.63) is 64.9 Å². The van der Waals surface area contributed by atoms with Crippen molar-refractivity contribution >= 4 is 34.6 Å². The molecule has 3 N–H and O–H groups in total. The summed E-state index contributed by atoms with van der Waals surface area (Å²) in [6.45, 7) is 7.37. The fraction of sp³-hybridized carbons (Fsp3) is 0.280. The van der Waals surface area contributed by atoms with E-state index in [0.29, 0.717) is 35.0 Å². The van der Waals surface area contributed by atoms with Crippen LogP contribution in [0, 0.1) is 0 Å². The molecule has 0 fully saturated rings. The third-order valence-electron chi connectivity index (χ3n) is 5.15. The molecule has 0 aliphatic rings. The standard InChI is InChI=1S/C25H30N4O4S/c1-4-29(5-2)14-13-26-24(30)22-11-8-19(16-23(22)32-3)28-25(31)27-18-6-9-20(10-7-18)33-21-12-15-34-17-21/h6-12,15-17H,4-5,13-14H2,1-3H3,(H,26,30)(H2,27,28,31). The molecule has 2 aromatic carbocycles. The van der Waals surface area contributed by atoms with Crippen LogP contribution in [0.25, 0.3) is 0 Å². The minimum Gasteiger partial charge on any atom is -0.496 e. The van der Waals surface area contributed by atoms with E-state index in [1.54, 1.807) is 53.8 Å². The number of thiophene rings is 1. The fourth-order valence-electron chi connectivity index (χ4n) is 3.27. The minimum absolute atomic E-state index is 0.218. The number of ether oxygens (including phenoxy) is 2. The molecule has 34 heavy (non-hydrogen) atoms. The Morgan fingerprint density at radius 3 is 2.29 bits per heavy atom. The van der Waals surface area contributed by atoms with Gasteiger partial charge < -0.3 is 30.3 Å². The molecule has 1 aromatic heterocycles. The Kier molecular flexibility index (Phi) is 9.30. The van der Waals surface area contributed by atoms with Crippen molar-refractivity contribution in [3.8, 4) is 17.2 Å². The molecule has 180 valence electrons. The van der Waals surface area contributed by atoms with Crippen molar-refractivity contribution in [1.29, 1.82) is 0 Å². The van der Waals surface area contributed by atoms with Gasteiger partial charge >= 0.3 is 6.03 Å². The van der Waals surface area contributed by atoms with Gasteiger partial charge in [-0.1, -0.05) is 13.8 Å². The first kappa shape index (κ1) is 25.1. The number of hydrogen-bond donors (Lipinski definition) is 3. The second-order valence-electron chi connectivity index (χ2n) is 7.36. The molecule has 0 aliphatic carbocycles. The van der Waals surface area contributed by atoms with E-state index in [0.717, 1.165) is 25.4 Å². The summed E-state index contributed by atoms with van der Waals surface area (Å²) in [5, 5.41) is 12.3. The lowest BCUT2D eigenvalue weighted by Gasteiger charge is -2.18. The fourth-order valence-corrected chi connectivity index (χ4v) is 3.82. The number of likely N-dealkylation sites (N-methyl/N-ethyl adjacent to an activating group) is 1. The third kappa shape index (κ3) is 7.23. The van der Waals surface area contributed by atoms with Gasteiger partial charge in [0.15, 0.2) is 0 Å². The summed E-state index contributed by atoms with van der Waals surface area (Å²) in [6, 6.07) is 13.5. The van der Waals surface area contributed by atoms with Crippen LogP contribution in [0.1, 0.15) is 24.2 Å². The number of amides is 3. The summed E-state index contributed by atoms with van der Waals surface area (Å²) in [5.41, 5.74) is 1.53. The Balaban J connectivity index is 1.54. The highest BCUT2D eigenvalue weighted by Gasteiger charge is 2.14. The van der Waals surface area contributed by atoms with Crippen LogP contribution < -0.4 is 25.4 Å². The van der Waals surface area contributed by atoms with E-state index in [2.05, 4.69) is 34.7 Å². The van der Waals surface area contributed by atoms with Crippen LogP contribution in [0.15, 0.2) is 59.3 Å². The van der Waals surface area contributed by atoms with Crippen LogP contribution in [0.4, 0.5) is 16.2 Å². The first-order chi connectivity index (χ1) is 16.5. The quantitative estimate of drug-likeness (QED) is 0.347. The van der Waals surface area contributed by atoms with Crippen LogP contribution in [-0.4, -0.2) is 50.1 Å². The molecule has 8 nitrogen and oxygen atoms in total. The van der Waals surface area contributed by atoms with E-state index in [9.17, 15) is 9.59 Å². The predicted octanol–water partition coefficient (Wildman–Crippen LogP) is 5.26. The van der Waals surface area contributed by atoms with Gasteiger partial charge in [0, 0.05) is 35.9 Å². The molecule has 9 heteroatoms. The number of carbonyl (C=O) groups excluding carboxylic acids is 2. The molecule has 0 atom stereocenters. The lowest BCUT2D eigenvalue weighted by atomic mass is 10.1. The highest BCUT2D eigenvalue weighted by atomic mass is 32.1. The van der Waals surface area contributed by atoms with Crippen LogP contribution in [0.2, 0.25) is 0 Å². The van der Waals surface area contributed by atoms with E-state index < -0.39 is 6.03 Å². The van der Waals surface area contributed by atoms with Gasteiger partial charge in [-0.05, 0) is 60.9 Å². The maximum atomic E-state index is 12.6. The average molecular weight is 483 g/mol. The molecule has 0 saturated heterocycles. The van der Waals surface area contributed by atoms with Crippen LogP contribution >= 0.6 is 11.3 Å². The van der Waals surface area contributed by atoms with E-state index in [1.807, 2.05) is 16.8 Å². The number of nitrogens with zero attached hydrogens (tertiary/aromatic N) is 1. The Hall–Kier alpha value is -3.56. The Morgan fingerprint density at radius 1 is 0.941 bits per heavy atom. The largest absolute Gasteiger partial charge is 0.496 e. The average Bonchev–Trinajstić information content (AvgIpc) is 3.36. The summed E-state index contributed by atoms with van der Waals surface area (Å²) in [7, 11) is 1.49. The molecule has 0 radical (unpaired) electrons. The van der Waals surface area contributed by atoms with E-state index in [1.165, 1.54) is 7.11 Å². The highest BCUT2D eigenvalue weighted by Crippen LogP contribution is 2.26. The second-order valence-corrected chi connectivity index (χ2v) is 8.14. The molecular formula is C25H30N4O4S. The lowest BCUT2D eigenvalue weighted by molar-refractivity contribution is 0.0946. The summed E-state index contributed by atoms with van der Waals surface area (Å²) in [6.07, 6.45) is 0. The molecule has 0 spiro atoms. The molecule has 3 rings (SSSR count). The van der Waals surface area contributed by atoms with Crippen LogP contribution in [0.3, 0.4) is 0 Å². The first-order valence-electron chi connectivity index (χ1n) is 11.1. The van der Waals surface area contributed by atoms with E-state index >= 15 is 0 Å². The topological polar surface area (TPSA) is 91.9 Å². The van der Waals surface area contributed by atoms with Crippen molar-refractivity contribution < 1.29 is 19.1 Å². The number of benzene rings is 2. The van der Waals surface area contributed by atoms with Gasteiger partial charge in [-0.2, -0.15) is 0 Å². The summed E-state index contributed by atoms with van der Waals surface area (Å²) >= 11 is 1.56. The maximum absolute atomic E-state index is 12.6. The first-order valence-corrected chi connectivity index (χ1v) is 12.0. The highest BCUT2D eigenvalue weighted by molar-refractivity contribution is 7.08. The number of anilines is 2. The number of nitrogens with one attached hydrogen (secondary N) is 3. The summed E-state index contributed by atoms with van der Waals surface area (Å²) < 4.78 is 11.1. The summed E-state index contributed by atoms with van der Waals surface area (Å²) in [5.74, 6) is 1.62. The molecule has 0 unspecified atom stereocenters. The van der Waals surface area contributed by atoms with Gasteiger partial charge in [-0.25, -0.2) is 4.79 Å². The molecule has 0 saturated carbocycles. The zero-order chi connectivity index (χ0) is 24.3. The van der Waals surface area contributed by atoms with Crippen molar-refractivity contribution in [2.45, 2.75) is 13.8 Å². The van der Waals surface area contributed by atoms with E-state index in [4.69, 9.17) is 9.47 Å². The number of urea groups is 1. The predicted molar refractivity (Wildman–Crippen MR) is 137 cm³/mol. The van der Waals surface area contributed by atoms with Crippen molar-refractivity contribution in [3.63, 3.8) is 0 Å². The molecule has 1 heterocycles. The van der Waals surface area contributed by atoms with E-state index in [-0.39, 0.29) is 5.91 Å².